The lowest BCUT2D eigenvalue weighted by Gasteiger charge is -2.26. The highest BCUT2D eigenvalue weighted by Gasteiger charge is 2.20. The van der Waals surface area contributed by atoms with Crippen LogP contribution in [0.2, 0.25) is 0 Å². The molecule has 1 aromatic carbocycles. The van der Waals surface area contributed by atoms with E-state index in [-0.39, 0.29) is 11.9 Å². The van der Waals surface area contributed by atoms with Gasteiger partial charge < -0.3 is 5.32 Å². The van der Waals surface area contributed by atoms with Gasteiger partial charge in [0, 0.05) is 11.6 Å². The molecule has 2 atom stereocenters. The predicted octanol–water partition coefficient (Wildman–Crippen LogP) is 4.61. The molecular formula is C16H26FN. The summed E-state index contributed by atoms with van der Waals surface area (Å²) in [6, 6.07) is 5.70. The van der Waals surface area contributed by atoms with Crippen LogP contribution in [0.4, 0.5) is 4.39 Å². The minimum Gasteiger partial charge on any atom is -0.310 e. The Morgan fingerprint density at radius 2 is 1.94 bits per heavy atom. The van der Waals surface area contributed by atoms with Gasteiger partial charge >= 0.3 is 0 Å². The Morgan fingerprint density at radius 1 is 1.22 bits per heavy atom. The first kappa shape index (κ1) is 15.2. The standard InChI is InChI=1S/C16H26FN/c1-5-7-13(4)16(18-10-6-2)14-9-8-12(3)11-15(14)17/h8-9,11,13,16,18H,5-7,10H2,1-4H3. The van der Waals surface area contributed by atoms with Gasteiger partial charge in [-0.25, -0.2) is 4.39 Å². The molecule has 18 heavy (non-hydrogen) atoms. The lowest BCUT2D eigenvalue weighted by Crippen LogP contribution is -2.28. The van der Waals surface area contributed by atoms with Gasteiger partial charge in [0.25, 0.3) is 0 Å². The van der Waals surface area contributed by atoms with E-state index in [0.717, 1.165) is 36.9 Å². The Hall–Kier alpha value is -0.890. The van der Waals surface area contributed by atoms with Crippen LogP contribution in [0.15, 0.2) is 18.2 Å². The zero-order chi connectivity index (χ0) is 13.5. The second-order valence-corrected chi connectivity index (χ2v) is 5.22. The number of hydrogen-bond acceptors (Lipinski definition) is 1. The molecule has 0 radical (unpaired) electrons. The van der Waals surface area contributed by atoms with E-state index in [1.54, 1.807) is 6.07 Å². The van der Waals surface area contributed by atoms with Crippen LogP contribution in [0.1, 0.15) is 57.2 Å². The van der Waals surface area contributed by atoms with Crippen LogP contribution in [0.3, 0.4) is 0 Å². The van der Waals surface area contributed by atoms with Gasteiger partial charge in [0.1, 0.15) is 5.82 Å². The maximum absolute atomic E-state index is 14.1. The van der Waals surface area contributed by atoms with Crippen molar-refractivity contribution >= 4 is 0 Å². The third-order valence-corrected chi connectivity index (χ3v) is 3.42. The third kappa shape index (κ3) is 4.09. The van der Waals surface area contributed by atoms with Gasteiger partial charge in [0.2, 0.25) is 0 Å². The van der Waals surface area contributed by atoms with Crippen molar-refractivity contribution in [3.8, 4) is 0 Å². The van der Waals surface area contributed by atoms with Crippen molar-refractivity contribution in [3.05, 3.63) is 35.1 Å². The third-order valence-electron chi connectivity index (χ3n) is 3.42. The fourth-order valence-electron chi connectivity index (χ4n) is 2.42. The van der Waals surface area contributed by atoms with Crippen LogP contribution < -0.4 is 5.32 Å². The van der Waals surface area contributed by atoms with Crippen LogP contribution in [0.5, 0.6) is 0 Å². The molecule has 2 heteroatoms. The Morgan fingerprint density at radius 3 is 2.50 bits per heavy atom. The van der Waals surface area contributed by atoms with E-state index in [9.17, 15) is 4.39 Å². The highest BCUT2D eigenvalue weighted by Crippen LogP contribution is 2.28. The van der Waals surface area contributed by atoms with Gasteiger partial charge in [0.15, 0.2) is 0 Å². The molecule has 0 bridgehead atoms. The zero-order valence-electron chi connectivity index (χ0n) is 12.1. The zero-order valence-corrected chi connectivity index (χ0v) is 12.1. The first-order chi connectivity index (χ1) is 8.60. The van der Waals surface area contributed by atoms with Crippen molar-refractivity contribution in [3.63, 3.8) is 0 Å². The largest absolute Gasteiger partial charge is 0.310 e. The average Bonchev–Trinajstić information content (AvgIpc) is 2.32. The summed E-state index contributed by atoms with van der Waals surface area (Å²) < 4.78 is 14.1. The number of benzene rings is 1. The maximum Gasteiger partial charge on any atom is 0.128 e. The molecule has 1 aromatic rings. The quantitative estimate of drug-likeness (QED) is 0.746. The molecule has 0 aromatic heterocycles. The molecule has 0 saturated heterocycles. The van der Waals surface area contributed by atoms with Gasteiger partial charge in [-0.3, -0.25) is 0 Å². The monoisotopic (exact) mass is 251 g/mol. The normalized spacial score (nSPS) is 14.5. The summed E-state index contributed by atoms with van der Waals surface area (Å²) in [6.07, 6.45) is 3.33. The van der Waals surface area contributed by atoms with Gasteiger partial charge in [-0.05, 0) is 43.9 Å². The van der Waals surface area contributed by atoms with Crippen molar-refractivity contribution in [2.45, 2.75) is 53.0 Å². The molecule has 1 N–H and O–H groups in total. The molecule has 0 amide bonds. The smallest absolute Gasteiger partial charge is 0.128 e. The highest BCUT2D eigenvalue weighted by molar-refractivity contribution is 5.26. The molecule has 0 aliphatic carbocycles. The number of hydrogen-bond donors (Lipinski definition) is 1. The first-order valence-corrected chi connectivity index (χ1v) is 7.09. The Labute approximate surface area is 111 Å². The van der Waals surface area contributed by atoms with Gasteiger partial charge in [-0.15, -0.1) is 0 Å². The first-order valence-electron chi connectivity index (χ1n) is 7.09. The van der Waals surface area contributed by atoms with E-state index in [4.69, 9.17) is 0 Å². The molecule has 0 fully saturated rings. The molecule has 0 aliphatic rings. The minimum atomic E-state index is -0.0773. The number of halogens is 1. The number of nitrogens with one attached hydrogen (secondary N) is 1. The number of aryl methyl sites for hydroxylation is 1. The summed E-state index contributed by atoms with van der Waals surface area (Å²) in [5, 5.41) is 3.49. The SMILES string of the molecule is CCCNC(c1ccc(C)cc1F)C(C)CCC. The molecule has 102 valence electrons. The molecule has 0 heterocycles. The minimum absolute atomic E-state index is 0.0773. The lowest BCUT2D eigenvalue weighted by molar-refractivity contribution is 0.353. The topological polar surface area (TPSA) is 12.0 Å². The molecular weight excluding hydrogens is 225 g/mol. The highest BCUT2D eigenvalue weighted by atomic mass is 19.1. The molecule has 0 saturated carbocycles. The average molecular weight is 251 g/mol. The van der Waals surface area contributed by atoms with E-state index in [1.807, 2.05) is 19.1 Å². The van der Waals surface area contributed by atoms with Gasteiger partial charge in [-0.2, -0.15) is 0 Å². The second kappa shape index (κ2) is 7.52. The maximum atomic E-state index is 14.1. The molecule has 0 spiro atoms. The van der Waals surface area contributed by atoms with E-state index in [2.05, 4.69) is 26.1 Å². The Bertz CT molecular complexity index is 362. The number of rotatable bonds is 7. The second-order valence-electron chi connectivity index (χ2n) is 5.22. The Balaban J connectivity index is 2.93. The van der Waals surface area contributed by atoms with Crippen molar-refractivity contribution in [2.24, 2.45) is 5.92 Å². The van der Waals surface area contributed by atoms with E-state index < -0.39 is 0 Å². The van der Waals surface area contributed by atoms with Crippen molar-refractivity contribution in [1.29, 1.82) is 0 Å². The Kier molecular flexibility index (Phi) is 6.34. The van der Waals surface area contributed by atoms with Gasteiger partial charge in [0.05, 0.1) is 0 Å². The van der Waals surface area contributed by atoms with Crippen molar-refractivity contribution < 1.29 is 4.39 Å². The van der Waals surface area contributed by atoms with Crippen LogP contribution >= 0.6 is 0 Å². The fourth-order valence-corrected chi connectivity index (χ4v) is 2.42. The van der Waals surface area contributed by atoms with E-state index in [1.165, 1.54) is 0 Å². The summed E-state index contributed by atoms with van der Waals surface area (Å²) in [5.41, 5.74) is 1.80. The van der Waals surface area contributed by atoms with Crippen LogP contribution in [0.25, 0.3) is 0 Å². The van der Waals surface area contributed by atoms with Crippen molar-refractivity contribution in [1.82, 2.24) is 5.32 Å². The summed E-state index contributed by atoms with van der Waals surface area (Å²) in [7, 11) is 0. The lowest BCUT2D eigenvalue weighted by atomic mass is 9.90. The molecule has 2 unspecified atom stereocenters. The van der Waals surface area contributed by atoms with Crippen LogP contribution in [-0.2, 0) is 0 Å². The van der Waals surface area contributed by atoms with Gasteiger partial charge in [-0.1, -0.05) is 39.3 Å². The van der Waals surface area contributed by atoms with E-state index in [0.29, 0.717) is 5.92 Å². The summed E-state index contributed by atoms with van der Waals surface area (Å²) in [5.74, 6) is 0.380. The van der Waals surface area contributed by atoms with Crippen LogP contribution in [-0.4, -0.2) is 6.54 Å². The van der Waals surface area contributed by atoms with E-state index >= 15 is 0 Å². The van der Waals surface area contributed by atoms with Crippen LogP contribution in [0, 0.1) is 18.7 Å². The molecule has 0 aliphatic heterocycles. The summed E-state index contributed by atoms with van der Waals surface area (Å²) >= 11 is 0. The summed E-state index contributed by atoms with van der Waals surface area (Å²) in [6.45, 7) is 9.39. The van der Waals surface area contributed by atoms with Crippen molar-refractivity contribution in [2.75, 3.05) is 6.54 Å². The fraction of sp³-hybridized carbons (Fsp3) is 0.625. The predicted molar refractivity (Wildman–Crippen MR) is 76.2 cm³/mol. The summed E-state index contributed by atoms with van der Waals surface area (Å²) in [4.78, 5) is 0. The molecule has 1 rings (SSSR count). The molecule has 1 nitrogen and oxygen atoms in total.